The lowest BCUT2D eigenvalue weighted by Gasteiger charge is -2.29. The second kappa shape index (κ2) is 7.13. The molecule has 0 fully saturated rings. The number of carboxylic acid groups (broad SMARTS) is 1. The Balaban J connectivity index is 1.96. The molecule has 2 rings (SSSR count). The Morgan fingerprint density at radius 3 is 2.78 bits per heavy atom. The number of carboxylic acids is 1. The number of hydrogen-bond donors (Lipinski definition) is 1. The van der Waals surface area contributed by atoms with E-state index in [-0.39, 0.29) is 37.9 Å². The Hall–Kier alpha value is -2.57. The second-order valence-electron chi connectivity index (χ2n) is 5.57. The first kappa shape index (κ1) is 16.8. The summed E-state index contributed by atoms with van der Waals surface area (Å²) in [4.78, 5) is 37.9. The van der Waals surface area contributed by atoms with Crippen molar-refractivity contribution in [1.29, 1.82) is 0 Å². The van der Waals surface area contributed by atoms with E-state index in [0.717, 1.165) is 0 Å². The fourth-order valence-corrected chi connectivity index (χ4v) is 2.39. The molecule has 23 heavy (non-hydrogen) atoms. The first-order chi connectivity index (χ1) is 10.9. The van der Waals surface area contributed by atoms with Crippen molar-refractivity contribution in [3.05, 3.63) is 24.3 Å². The van der Waals surface area contributed by atoms with Gasteiger partial charge in [-0.15, -0.1) is 0 Å². The molecule has 1 atom stereocenters. The average molecular weight is 320 g/mol. The van der Waals surface area contributed by atoms with Gasteiger partial charge in [-0.2, -0.15) is 0 Å². The van der Waals surface area contributed by atoms with Crippen LogP contribution in [0.15, 0.2) is 24.3 Å². The van der Waals surface area contributed by atoms with Crippen LogP contribution in [0, 0.1) is 5.92 Å². The van der Waals surface area contributed by atoms with Gasteiger partial charge in [0, 0.05) is 26.6 Å². The zero-order valence-electron chi connectivity index (χ0n) is 13.2. The fraction of sp³-hybridized carbons (Fsp3) is 0.438. The molecular weight excluding hydrogens is 300 g/mol. The standard InChI is InChI=1S/C16H20N2O5/c1-11(16(21)22)9-17(2)14(19)7-8-18-12-5-3-4-6-13(12)23-10-15(18)20/h3-6,11H,7-10H2,1-2H3,(H,21,22). The molecule has 0 spiro atoms. The SMILES string of the molecule is CC(CN(C)C(=O)CCN1C(=O)COc2ccccc21)C(=O)O. The third-order valence-corrected chi connectivity index (χ3v) is 3.75. The molecule has 0 aromatic heterocycles. The number of anilines is 1. The molecule has 7 nitrogen and oxygen atoms in total. The predicted molar refractivity (Wildman–Crippen MR) is 83.3 cm³/mol. The number of rotatable bonds is 6. The maximum absolute atomic E-state index is 12.1. The van der Waals surface area contributed by atoms with Gasteiger partial charge >= 0.3 is 5.97 Å². The van der Waals surface area contributed by atoms with Crippen molar-refractivity contribution < 1.29 is 24.2 Å². The minimum Gasteiger partial charge on any atom is -0.482 e. The topological polar surface area (TPSA) is 87.2 Å². The molecule has 0 saturated carbocycles. The fourth-order valence-electron chi connectivity index (χ4n) is 2.39. The summed E-state index contributed by atoms with van der Waals surface area (Å²) in [5.41, 5.74) is 0.651. The second-order valence-corrected chi connectivity index (χ2v) is 5.57. The molecule has 0 saturated heterocycles. The summed E-state index contributed by atoms with van der Waals surface area (Å²) >= 11 is 0. The molecule has 0 aliphatic carbocycles. The summed E-state index contributed by atoms with van der Waals surface area (Å²) in [6.45, 7) is 1.89. The first-order valence-corrected chi connectivity index (χ1v) is 7.39. The van der Waals surface area contributed by atoms with Gasteiger partial charge in [0.1, 0.15) is 5.75 Å². The predicted octanol–water partition coefficient (Wildman–Crippen LogP) is 0.981. The minimum absolute atomic E-state index is 0.0446. The van der Waals surface area contributed by atoms with Crippen LogP contribution in [-0.2, 0) is 14.4 Å². The van der Waals surface area contributed by atoms with E-state index in [1.807, 2.05) is 6.07 Å². The Bertz CT molecular complexity index is 616. The van der Waals surface area contributed by atoms with E-state index < -0.39 is 11.9 Å². The van der Waals surface area contributed by atoms with Crippen LogP contribution in [0.5, 0.6) is 5.75 Å². The van der Waals surface area contributed by atoms with Crippen LogP contribution in [0.4, 0.5) is 5.69 Å². The molecule has 1 aromatic rings. The molecule has 2 amide bonds. The van der Waals surface area contributed by atoms with Crippen LogP contribution in [0.25, 0.3) is 0 Å². The van der Waals surface area contributed by atoms with Crippen molar-refractivity contribution in [2.24, 2.45) is 5.92 Å². The molecular formula is C16H20N2O5. The van der Waals surface area contributed by atoms with Gasteiger partial charge in [-0.1, -0.05) is 19.1 Å². The van der Waals surface area contributed by atoms with Crippen LogP contribution in [0.3, 0.4) is 0 Å². The highest BCUT2D eigenvalue weighted by atomic mass is 16.5. The molecule has 1 aliphatic rings. The molecule has 0 bridgehead atoms. The first-order valence-electron chi connectivity index (χ1n) is 7.39. The molecule has 1 unspecified atom stereocenters. The molecule has 1 aromatic carbocycles. The zero-order valence-corrected chi connectivity index (χ0v) is 13.2. The van der Waals surface area contributed by atoms with Crippen molar-refractivity contribution in [2.75, 3.05) is 31.6 Å². The number of aliphatic carboxylic acids is 1. The van der Waals surface area contributed by atoms with Gasteiger partial charge in [0.05, 0.1) is 11.6 Å². The van der Waals surface area contributed by atoms with Gasteiger partial charge in [-0.3, -0.25) is 14.4 Å². The normalized spacial score (nSPS) is 14.7. The highest BCUT2D eigenvalue weighted by molar-refractivity contribution is 5.98. The summed E-state index contributed by atoms with van der Waals surface area (Å²) in [7, 11) is 1.57. The summed E-state index contributed by atoms with van der Waals surface area (Å²) in [6.07, 6.45) is 0.128. The van der Waals surface area contributed by atoms with Crippen molar-refractivity contribution in [3.8, 4) is 5.75 Å². The number of benzene rings is 1. The Labute approximate surface area is 134 Å². The van der Waals surface area contributed by atoms with Gasteiger partial charge in [0.25, 0.3) is 5.91 Å². The quantitative estimate of drug-likeness (QED) is 0.844. The lowest BCUT2D eigenvalue weighted by Crippen LogP contribution is -2.42. The maximum Gasteiger partial charge on any atom is 0.308 e. The summed E-state index contributed by atoms with van der Waals surface area (Å²) in [6, 6.07) is 7.17. The van der Waals surface area contributed by atoms with Crippen LogP contribution in [0.2, 0.25) is 0 Å². The van der Waals surface area contributed by atoms with Crippen LogP contribution < -0.4 is 9.64 Å². The maximum atomic E-state index is 12.1. The van der Waals surface area contributed by atoms with Gasteiger partial charge in [0.2, 0.25) is 5.91 Å². The largest absolute Gasteiger partial charge is 0.482 e. The van der Waals surface area contributed by atoms with E-state index in [4.69, 9.17) is 9.84 Å². The Morgan fingerprint density at radius 1 is 1.39 bits per heavy atom. The zero-order chi connectivity index (χ0) is 17.0. The number of para-hydroxylation sites is 2. The lowest BCUT2D eigenvalue weighted by atomic mass is 10.1. The van der Waals surface area contributed by atoms with Crippen molar-refractivity contribution in [2.45, 2.75) is 13.3 Å². The van der Waals surface area contributed by atoms with E-state index >= 15 is 0 Å². The minimum atomic E-state index is -0.943. The van der Waals surface area contributed by atoms with Gasteiger partial charge in [0.15, 0.2) is 6.61 Å². The van der Waals surface area contributed by atoms with Crippen molar-refractivity contribution in [1.82, 2.24) is 4.90 Å². The number of hydrogen-bond acceptors (Lipinski definition) is 4. The Kier molecular flexibility index (Phi) is 5.20. The monoisotopic (exact) mass is 320 g/mol. The summed E-state index contributed by atoms with van der Waals surface area (Å²) < 4.78 is 5.35. The highest BCUT2D eigenvalue weighted by Crippen LogP contribution is 2.31. The van der Waals surface area contributed by atoms with E-state index in [1.165, 1.54) is 9.80 Å². The van der Waals surface area contributed by atoms with Crippen LogP contribution in [0.1, 0.15) is 13.3 Å². The third kappa shape index (κ3) is 4.00. The van der Waals surface area contributed by atoms with Crippen molar-refractivity contribution >= 4 is 23.5 Å². The number of nitrogens with zero attached hydrogens (tertiary/aromatic N) is 2. The molecule has 1 heterocycles. The number of ether oxygens (including phenoxy) is 1. The number of carbonyl (C=O) groups is 3. The van der Waals surface area contributed by atoms with Gasteiger partial charge in [-0.05, 0) is 12.1 Å². The van der Waals surface area contributed by atoms with Crippen LogP contribution in [-0.4, -0.2) is 54.5 Å². The highest BCUT2D eigenvalue weighted by Gasteiger charge is 2.26. The summed E-state index contributed by atoms with van der Waals surface area (Å²) in [5.74, 6) is -1.35. The van der Waals surface area contributed by atoms with Crippen LogP contribution >= 0.6 is 0 Å². The van der Waals surface area contributed by atoms with Crippen molar-refractivity contribution in [3.63, 3.8) is 0 Å². The number of amides is 2. The van der Waals surface area contributed by atoms with Gasteiger partial charge in [-0.25, -0.2) is 0 Å². The third-order valence-electron chi connectivity index (χ3n) is 3.75. The molecule has 1 aliphatic heterocycles. The van der Waals surface area contributed by atoms with E-state index in [9.17, 15) is 14.4 Å². The molecule has 1 N–H and O–H groups in total. The average Bonchev–Trinajstić information content (AvgIpc) is 2.53. The van der Waals surface area contributed by atoms with Gasteiger partial charge < -0.3 is 19.6 Å². The molecule has 7 heteroatoms. The molecule has 124 valence electrons. The molecule has 0 radical (unpaired) electrons. The number of carbonyl (C=O) groups excluding carboxylic acids is 2. The van der Waals surface area contributed by atoms with E-state index in [2.05, 4.69) is 0 Å². The Morgan fingerprint density at radius 2 is 2.09 bits per heavy atom. The summed E-state index contributed by atoms with van der Waals surface area (Å²) in [5, 5.41) is 8.89. The number of fused-ring (bicyclic) bond motifs is 1. The lowest BCUT2D eigenvalue weighted by molar-refractivity contribution is -0.142. The van der Waals surface area contributed by atoms with E-state index in [1.54, 1.807) is 32.2 Å². The van der Waals surface area contributed by atoms with E-state index in [0.29, 0.717) is 11.4 Å². The smallest absolute Gasteiger partial charge is 0.308 e.